The minimum atomic E-state index is -0.825. The van der Waals surface area contributed by atoms with Crippen molar-refractivity contribution >= 4 is 28.5 Å². The first-order valence-corrected chi connectivity index (χ1v) is 9.89. The number of aromatic nitrogens is 1. The Labute approximate surface area is 160 Å². The molecule has 1 aromatic carbocycles. The molecule has 0 spiro atoms. The quantitative estimate of drug-likeness (QED) is 0.536. The molecule has 2 rings (SSSR count). The summed E-state index contributed by atoms with van der Waals surface area (Å²) < 4.78 is 2.13. The van der Waals surface area contributed by atoms with Crippen LogP contribution in [-0.4, -0.2) is 20.7 Å². The summed E-state index contributed by atoms with van der Waals surface area (Å²) >= 11 is 6.18. The first-order valence-electron chi connectivity index (χ1n) is 9.51. The van der Waals surface area contributed by atoms with Gasteiger partial charge in [-0.3, -0.25) is 4.79 Å². The molecule has 1 unspecified atom stereocenters. The lowest BCUT2D eigenvalue weighted by Crippen LogP contribution is -2.11. The number of carbonyl (C=O) groups is 1. The van der Waals surface area contributed by atoms with Crippen LogP contribution in [0.4, 0.5) is 0 Å². The molecule has 0 aliphatic heterocycles. The normalized spacial score (nSPS) is 13.9. The van der Waals surface area contributed by atoms with Crippen LogP contribution >= 0.6 is 11.6 Å². The number of rotatable bonds is 10. The molecule has 2 N–H and O–H groups in total. The van der Waals surface area contributed by atoms with E-state index in [1.54, 1.807) is 0 Å². The minimum absolute atomic E-state index is 0.0689. The minimum Gasteiger partial charge on any atom is -0.481 e. The van der Waals surface area contributed by atoms with Gasteiger partial charge in [0.25, 0.3) is 0 Å². The third-order valence-electron chi connectivity index (χ3n) is 5.08. The number of hydrogen-bond donors (Lipinski definition) is 2. The van der Waals surface area contributed by atoms with Crippen LogP contribution in [0.3, 0.4) is 0 Å². The molecule has 4 nitrogen and oxygen atoms in total. The Morgan fingerprint density at radius 2 is 2.00 bits per heavy atom. The second-order valence-corrected chi connectivity index (χ2v) is 7.78. The molecule has 5 heteroatoms. The fourth-order valence-electron chi connectivity index (χ4n) is 3.77. The van der Waals surface area contributed by atoms with Crippen molar-refractivity contribution in [2.45, 2.75) is 64.9 Å². The van der Waals surface area contributed by atoms with Crippen molar-refractivity contribution in [3.63, 3.8) is 0 Å². The SMILES string of the molecule is CCCCCCc1c([C@@H](O)CC(C)CC(=O)O)c2ccc(Cl)cc2n1C. The topological polar surface area (TPSA) is 62.5 Å². The Bertz CT molecular complexity index is 753. The molecule has 144 valence electrons. The highest BCUT2D eigenvalue weighted by atomic mass is 35.5. The molecule has 26 heavy (non-hydrogen) atoms. The smallest absolute Gasteiger partial charge is 0.303 e. The van der Waals surface area contributed by atoms with E-state index in [-0.39, 0.29) is 12.3 Å². The third-order valence-corrected chi connectivity index (χ3v) is 5.31. The lowest BCUT2D eigenvalue weighted by atomic mass is 9.93. The summed E-state index contributed by atoms with van der Waals surface area (Å²) in [5.41, 5.74) is 3.09. The Morgan fingerprint density at radius 1 is 1.27 bits per heavy atom. The lowest BCUT2D eigenvalue weighted by Gasteiger charge is -2.17. The summed E-state index contributed by atoms with van der Waals surface area (Å²) in [6.07, 6.45) is 5.39. The fraction of sp³-hybridized carbons (Fsp3) is 0.571. The van der Waals surface area contributed by atoms with Crippen LogP contribution in [0.2, 0.25) is 5.02 Å². The molecular formula is C21H30ClNO3. The number of fused-ring (bicyclic) bond motifs is 1. The van der Waals surface area contributed by atoms with Crippen LogP contribution in [0, 0.1) is 5.92 Å². The number of carboxylic acids is 1. The molecule has 0 bridgehead atoms. The van der Waals surface area contributed by atoms with Crippen molar-refractivity contribution in [2.75, 3.05) is 0 Å². The molecule has 2 aromatic rings. The maximum absolute atomic E-state index is 11.0. The average molecular weight is 380 g/mol. The van der Waals surface area contributed by atoms with Gasteiger partial charge in [0.1, 0.15) is 0 Å². The van der Waals surface area contributed by atoms with Gasteiger partial charge >= 0.3 is 5.97 Å². The van der Waals surface area contributed by atoms with E-state index < -0.39 is 12.1 Å². The highest BCUT2D eigenvalue weighted by Gasteiger charge is 2.23. The Morgan fingerprint density at radius 3 is 2.65 bits per heavy atom. The van der Waals surface area contributed by atoms with Gasteiger partial charge in [-0.2, -0.15) is 0 Å². The second-order valence-electron chi connectivity index (χ2n) is 7.35. The molecule has 0 fully saturated rings. The van der Waals surface area contributed by atoms with Crippen LogP contribution < -0.4 is 0 Å². The van der Waals surface area contributed by atoms with Crippen LogP contribution in [0.15, 0.2) is 18.2 Å². The standard InChI is InChI=1S/C21H30ClNO3/c1-4-5-6-7-8-17-21(19(24)11-14(2)12-20(25)26)16-10-9-15(22)13-18(16)23(17)3/h9-10,13-14,19,24H,4-8,11-12H2,1-3H3,(H,25,26)/t14?,19-/m0/s1. The molecular weight excluding hydrogens is 350 g/mol. The van der Waals surface area contributed by atoms with Gasteiger partial charge < -0.3 is 14.8 Å². The van der Waals surface area contributed by atoms with Crippen LogP contribution in [0.25, 0.3) is 10.9 Å². The van der Waals surface area contributed by atoms with E-state index in [9.17, 15) is 9.90 Å². The number of hydrogen-bond acceptors (Lipinski definition) is 2. The number of aryl methyl sites for hydroxylation is 1. The molecule has 1 heterocycles. The summed E-state index contributed by atoms with van der Waals surface area (Å²) in [6.45, 7) is 4.07. The maximum atomic E-state index is 11.0. The zero-order chi connectivity index (χ0) is 19.3. The van der Waals surface area contributed by atoms with Gasteiger partial charge in [0.05, 0.1) is 6.10 Å². The van der Waals surface area contributed by atoms with Crippen molar-refractivity contribution in [2.24, 2.45) is 13.0 Å². The second kappa shape index (κ2) is 9.43. The van der Waals surface area contributed by atoms with Crippen molar-refractivity contribution in [3.05, 3.63) is 34.5 Å². The van der Waals surface area contributed by atoms with Crippen LogP contribution in [-0.2, 0) is 18.3 Å². The molecule has 0 saturated heterocycles. The summed E-state index contributed by atoms with van der Waals surface area (Å²) in [6, 6.07) is 5.75. The average Bonchev–Trinajstić information content (AvgIpc) is 2.83. The predicted octanol–water partition coefficient (Wildman–Crippen LogP) is 5.49. The number of nitrogens with zero attached hydrogens (tertiary/aromatic N) is 1. The van der Waals surface area contributed by atoms with Gasteiger partial charge in [0, 0.05) is 40.7 Å². The van der Waals surface area contributed by atoms with Gasteiger partial charge in [0.15, 0.2) is 0 Å². The lowest BCUT2D eigenvalue weighted by molar-refractivity contribution is -0.138. The third kappa shape index (κ3) is 5.01. The van der Waals surface area contributed by atoms with Crippen molar-refractivity contribution < 1.29 is 15.0 Å². The Balaban J connectivity index is 2.35. The number of carboxylic acid groups (broad SMARTS) is 1. The molecule has 0 saturated carbocycles. The number of aliphatic hydroxyl groups excluding tert-OH is 1. The Kier molecular flexibility index (Phi) is 7.54. The van der Waals surface area contributed by atoms with Gasteiger partial charge in [-0.25, -0.2) is 0 Å². The van der Waals surface area contributed by atoms with E-state index in [1.165, 1.54) is 19.3 Å². The van der Waals surface area contributed by atoms with Crippen molar-refractivity contribution in [1.82, 2.24) is 4.57 Å². The number of benzene rings is 1. The molecule has 0 radical (unpaired) electrons. The summed E-state index contributed by atoms with van der Waals surface area (Å²) in [7, 11) is 2.02. The van der Waals surface area contributed by atoms with Crippen LogP contribution in [0.1, 0.15) is 69.7 Å². The zero-order valence-electron chi connectivity index (χ0n) is 16.0. The largest absolute Gasteiger partial charge is 0.481 e. The van der Waals surface area contributed by atoms with Gasteiger partial charge in [0.2, 0.25) is 0 Å². The number of halogens is 1. The number of aliphatic carboxylic acids is 1. The van der Waals surface area contributed by atoms with Crippen LogP contribution in [0.5, 0.6) is 0 Å². The Hall–Kier alpha value is -1.52. The zero-order valence-corrected chi connectivity index (χ0v) is 16.7. The summed E-state index contributed by atoms with van der Waals surface area (Å²) in [5.74, 6) is -0.910. The van der Waals surface area contributed by atoms with E-state index in [0.717, 1.165) is 35.0 Å². The number of aliphatic hydroxyl groups is 1. The monoisotopic (exact) mass is 379 g/mol. The molecule has 2 atom stereocenters. The maximum Gasteiger partial charge on any atom is 0.303 e. The van der Waals surface area contributed by atoms with Crippen molar-refractivity contribution in [3.8, 4) is 0 Å². The molecule has 0 aliphatic carbocycles. The molecule has 0 amide bonds. The van der Waals surface area contributed by atoms with E-state index >= 15 is 0 Å². The summed E-state index contributed by atoms with van der Waals surface area (Å²) in [5, 5.41) is 21.6. The molecule has 1 aromatic heterocycles. The highest BCUT2D eigenvalue weighted by Crippen LogP contribution is 2.36. The van der Waals surface area contributed by atoms with Gasteiger partial charge in [-0.15, -0.1) is 0 Å². The van der Waals surface area contributed by atoms with Gasteiger partial charge in [-0.05, 0) is 37.3 Å². The number of unbranched alkanes of at least 4 members (excludes halogenated alkanes) is 3. The van der Waals surface area contributed by atoms with Gasteiger partial charge in [-0.1, -0.05) is 50.8 Å². The first kappa shape index (κ1) is 20.8. The van der Waals surface area contributed by atoms with E-state index in [2.05, 4.69) is 11.5 Å². The first-order chi connectivity index (χ1) is 12.3. The van der Waals surface area contributed by atoms with Crippen molar-refractivity contribution in [1.29, 1.82) is 0 Å². The van der Waals surface area contributed by atoms with E-state index in [1.807, 2.05) is 32.2 Å². The van der Waals surface area contributed by atoms with E-state index in [0.29, 0.717) is 11.4 Å². The molecule has 0 aliphatic rings. The summed E-state index contributed by atoms with van der Waals surface area (Å²) in [4.78, 5) is 11.0. The predicted molar refractivity (Wildman–Crippen MR) is 107 cm³/mol. The highest BCUT2D eigenvalue weighted by molar-refractivity contribution is 6.31. The van der Waals surface area contributed by atoms with E-state index in [4.69, 9.17) is 16.7 Å². The fourth-order valence-corrected chi connectivity index (χ4v) is 3.93.